The number of halogens is 1. The molecule has 1 heterocycles. The molecule has 1 aromatic rings. The molecule has 1 aromatic carbocycles. The van der Waals surface area contributed by atoms with E-state index in [-0.39, 0.29) is 11.8 Å². The molecule has 2 N–H and O–H groups in total. The fourth-order valence-corrected chi connectivity index (χ4v) is 4.22. The largest absolute Gasteiger partial charge is 0.362 e. The minimum Gasteiger partial charge on any atom is -0.362 e. The van der Waals surface area contributed by atoms with E-state index in [1.807, 2.05) is 24.3 Å². The number of hydrogen-bond donors (Lipinski definition) is 2. The van der Waals surface area contributed by atoms with Crippen molar-refractivity contribution in [3.05, 3.63) is 29.3 Å². The van der Waals surface area contributed by atoms with Gasteiger partial charge in [-0.15, -0.1) is 11.8 Å². The molecule has 0 radical (unpaired) electrons. The Hall–Kier alpha value is -0.980. The van der Waals surface area contributed by atoms with Gasteiger partial charge < -0.3 is 15.5 Å². The second-order valence-corrected chi connectivity index (χ2v) is 8.79. The zero-order valence-electron chi connectivity index (χ0n) is 16.0. The molecule has 0 aromatic heterocycles. The van der Waals surface area contributed by atoms with Crippen LogP contribution >= 0.6 is 35.6 Å². The number of rotatable bonds is 9. The number of thioether (sulfide) groups is 1. The molecule has 0 saturated carbocycles. The fraction of sp³-hybridized carbons (Fsp3) is 0.600. The number of benzene rings is 1. The lowest BCUT2D eigenvalue weighted by Gasteiger charge is -2.33. The SMILES string of the molecule is CCCCCNC(=O)C1CCN(C(=S)NCCSc2ccc(Cl)cc2)CC1. The number of amides is 1. The standard InChI is InChI=1S/C20H30ClN3OS2/c1-2-3-4-11-22-19(25)16-9-13-24(14-10-16)20(26)23-12-15-27-18-7-5-17(21)6-8-18/h5-8,16H,2-4,9-15H2,1H3,(H,22,25)(H,23,26). The Kier molecular flexibility index (Phi) is 10.3. The number of nitrogens with zero attached hydrogens (tertiary/aromatic N) is 1. The average Bonchev–Trinajstić information content (AvgIpc) is 2.69. The van der Waals surface area contributed by atoms with Gasteiger partial charge >= 0.3 is 0 Å². The van der Waals surface area contributed by atoms with Crippen molar-refractivity contribution in [2.75, 3.05) is 31.9 Å². The van der Waals surface area contributed by atoms with E-state index in [1.54, 1.807) is 11.8 Å². The first kappa shape index (κ1) is 22.3. The molecule has 1 amide bonds. The fourth-order valence-electron chi connectivity index (χ4n) is 3.05. The van der Waals surface area contributed by atoms with Crippen LogP contribution in [-0.4, -0.2) is 47.9 Å². The first-order valence-corrected chi connectivity index (χ1v) is 11.6. The van der Waals surface area contributed by atoms with Gasteiger partial charge in [-0.1, -0.05) is 31.4 Å². The maximum atomic E-state index is 12.2. The van der Waals surface area contributed by atoms with E-state index < -0.39 is 0 Å². The van der Waals surface area contributed by atoms with Gasteiger partial charge in [0.05, 0.1) is 0 Å². The number of hydrogen-bond acceptors (Lipinski definition) is 3. The summed E-state index contributed by atoms with van der Waals surface area (Å²) >= 11 is 13.2. The van der Waals surface area contributed by atoms with Gasteiger partial charge in [-0.3, -0.25) is 4.79 Å². The highest BCUT2D eigenvalue weighted by atomic mass is 35.5. The van der Waals surface area contributed by atoms with Crippen molar-refractivity contribution in [3.63, 3.8) is 0 Å². The minimum atomic E-state index is 0.131. The molecule has 150 valence electrons. The third kappa shape index (κ3) is 8.28. The van der Waals surface area contributed by atoms with Crippen molar-refractivity contribution in [3.8, 4) is 0 Å². The normalized spacial score (nSPS) is 14.8. The minimum absolute atomic E-state index is 0.131. The molecule has 2 rings (SSSR count). The number of unbranched alkanes of at least 4 members (excludes halogenated alkanes) is 2. The number of nitrogens with one attached hydrogen (secondary N) is 2. The van der Waals surface area contributed by atoms with Crippen LogP contribution in [0.25, 0.3) is 0 Å². The first-order valence-electron chi connectivity index (χ1n) is 9.79. The molecule has 27 heavy (non-hydrogen) atoms. The van der Waals surface area contributed by atoms with E-state index in [2.05, 4.69) is 22.5 Å². The summed E-state index contributed by atoms with van der Waals surface area (Å²) in [5, 5.41) is 7.97. The molecule has 0 aliphatic carbocycles. The van der Waals surface area contributed by atoms with Crippen molar-refractivity contribution in [2.45, 2.75) is 43.9 Å². The summed E-state index contributed by atoms with van der Waals surface area (Å²) < 4.78 is 0. The van der Waals surface area contributed by atoms with Gasteiger partial charge in [-0.2, -0.15) is 0 Å². The Balaban J connectivity index is 1.58. The molecular formula is C20H30ClN3OS2. The van der Waals surface area contributed by atoms with Crippen LogP contribution in [-0.2, 0) is 4.79 Å². The summed E-state index contributed by atoms with van der Waals surface area (Å²) in [5.41, 5.74) is 0. The lowest BCUT2D eigenvalue weighted by atomic mass is 9.96. The summed E-state index contributed by atoms with van der Waals surface area (Å²) in [7, 11) is 0. The summed E-state index contributed by atoms with van der Waals surface area (Å²) in [4.78, 5) is 15.6. The molecule has 1 fully saturated rings. The van der Waals surface area contributed by atoms with Gasteiger partial charge in [-0.25, -0.2) is 0 Å². The highest BCUT2D eigenvalue weighted by Gasteiger charge is 2.25. The van der Waals surface area contributed by atoms with Crippen molar-refractivity contribution >= 4 is 46.6 Å². The van der Waals surface area contributed by atoms with Crippen LogP contribution in [0.15, 0.2) is 29.2 Å². The van der Waals surface area contributed by atoms with Gasteiger partial charge in [0.1, 0.15) is 0 Å². The van der Waals surface area contributed by atoms with E-state index in [9.17, 15) is 4.79 Å². The summed E-state index contributed by atoms with van der Waals surface area (Å²) in [5.74, 6) is 1.29. The molecule has 0 spiro atoms. The second kappa shape index (κ2) is 12.5. The lowest BCUT2D eigenvalue weighted by molar-refractivity contribution is -0.126. The van der Waals surface area contributed by atoms with E-state index in [1.165, 1.54) is 17.7 Å². The molecule has 0 unspecified atom stereocenters. The number of likely N-dealkylation sites (tertiary alicyclic amines) is 1. The van der Waals surface area contributed by atoms with E-state index in [0.717, 1.165) is 61.3 Å². The lowest BCUT2D eigenvalue weighted by Crippen LogP contribution is -2.47. The van der Waals surface area contributed by atoms with Gasteiger partial charge in [-0.05, 0) is 55.7 Å². The maximum absolute atomic E-state index is 12.2. The first-order chi connectivity index (χ1) is 13.1. The van der Waals surface area contributed by atoms with Crippen LogP contribution in [0.3, 0.4) is 0 Å². The van der Waals surface area contributed by atoms with Crippen LogP contribution in [0.1, 0.15) is 39.0 Å². The van der Waals surface area contributed by atoms with Gasteiger partial charge in [0, 0.05) is 47.8 Å². The van der Waals surface area contributed by atoms with E-state index in [0.29, 0.717) is 0 Å². The van der Waals surface area contributed by atoms with Crippen molar-refractivity contribution in [1.29, 1.82) is 0 Å². The van der Waals surface area contributed by atoms with Gasteiger partial charge in [0.2, 0.25) is 5.91 Å². The average molecular weight is 428 g/mol. The van der Waals surface area contributed by atoms with E-state index >= 15 is 0 Å². The number of piperidine rings is 1. The zero-order valence-corrected chi connectivity index (χ0v) is 18.4. The van der Waals surface area contributed by atoms with Crippen LogP contribution < -0.4 is 10.6 Å². The number of carbonyl (C=O) groups is 1. The Morgan fingerprint density at radius 3 is 2.56 bits per heavy atom. The zero-order chi connectivity index (χ0) is 19.5. The molecule has 0 bridgehead atoms. The molecule has 1 aliphatic rings. The third-order valence-corrected chi connectivity index (χ3v) is 6.36. The smallest absolute Gasteiger partial charge is 0.223 e. The highest BCUT2D eigenvalue weighted by molar-refractivity contribution is 7.99. The topological polar surface area (TPSA) is 44.4 Å². The summed E-state index contributed by atoms with van der Waals surface area (Å²) in [6.45, 7) is 5.50. The quantitative estimate of drug-likeness (QED) is 0.349. The Morgan fingerprint density at radius 1 is 1.19 bits per heavy atom. The van der Waals surface area contributed by atoms with E-state index in [4.69, 9.17) is 23.8 Å². The van der Waals surface area contributed by atoms with Gasteiger partial charge in [0.25, 0.3) is 0 Å². The van der Waals surface area contributed by atoms with Crippen molar-refractivity contribution < 1.29 is 4.79 Å². The molecular weight excluding hydrogens is 398 g/mol. The highest BCUT2D eigenvalue weighted by Crippen LogP contribution is 2.20. The van der Waals surface area contributed by atoms with Crippen LogP contribution in [0.4, 0.5) is 0 Å². The molecule has 1 aliphatic heterocycles. The predicted octanol–water partition coefficient (Wildman–Crippen LogP) is 4.33. The predicted molar refractivity (Wildman–Crippen MR) is 120 cm³/mol. The summed E-state index contributed by atoms with van der Waals surface area (Å²) in [6, 6.07) is 7.88. The number of carbonyl (C=O) groups excluding carboxylic acids is 1. The van der Waals surface area contributed by atoms with Crippen molar-refractivity contribution in [1.82, 2.24) is 15.5 Å². The Labute approximate surface area is 177 Å². The van der Waals surface area contributed by atoms with Crippen LogP contribution in [0, 0.1) is 5.92 Å². The van der Waals surface area contributed by atoms with Crippen molar-refractivity contribution in [2.24, 2.45) is 5.92 Å². The third-order valence-electron chi connectivity index (χ3n) is 4.69. The summed E-state index contributed by atoms with van der Waals surface area (Å²) in [6.07, 6.45) is 5.18. The molecule has 7 heteroatoms. The van der Waals surface area contributed by atoms with Crippen LogP contribution in [0.2, 0.25) is 5.02 Å². The Bertz CT molecular complexity index is 589. The molecule has 0 atom stereocenters. The van der Waals surface area contributed by atoms with Crippen LogP contribution in [0.5, 0.6) is 0 Å². The monoisotopic (exact) mass is 427 g/mol. The Morgan fingerprint density at radius 2 is 1.89 bits per heavy atom. The number of thiocarbonyl (C=S) groups is 1. The molecule has 4 nitrogen and oxygen atoms in total. The van der Waals surface area contributed by atoms with Gasteiger partial charge in [0.15, 0.2) is 5.11 Å². The molecule has 1 saturated heterocycles. The second-order valence-electron chi connectivity index (χ2n) is 6.79. The maximum Gasteiger partial charge on any atom is 0.223 e.